The van der Waals surface area contributed by atoms with Crippen molar-refractivity contribution in [1.29, 1.82) is 0 Å². The van der Waals surface area contributed by atoms with Gasteiger partial charge in [0.1, 0.15) is 0 Å². The Bertz CT molecular complexity index is 706. The summed E-state index contributed by atoms with van der Waals surface area (Å²) in [5.41, 5.74) is 0.760. The summed E-state index contributed by atoms with van der Waals surface area (Å²) in [7, 11) is -3.20. The fourth-order valence-corrected chi connectivity index (χ4v) is 4.88. The zero-order valence-corrected chi connectivity index (χ0v) is 15.2. The minimum Gasteiger partial charge on any atom is -0.304 e. The van der Waals surface area contributed by atoms with Crippen LogP contribution >= 0.6 is 15.9 Å². The van der Waals surface area contributed by atoms with Crippen molar-refractivity contribution in [3.63, 3.8) is 0 Å². The minimum atomic E-state index is -3.20. The van der Waals surface area contributed by atoms with Gasteiger partial charge in [-0.1, -0.05) is 35.2 Å². The lowest BCUT2D eigenvalue weighted by molar-refractivity contribution is -0.123. The van der Waals surface area contributed by atoms with Crippen LogP contribution in [0.25, 0.3) is 0 Å². The fraction of sp³-hybridized carbons (Fsp3) is 0.471. The summed E-state index contributed by atoms with van der Waals surface area (Å²) in [5, 5.41) is 1.23. The number of anilines is 1. The van der Waals surface area contributed by atoms with E-state index in [0.717, 1.165) is 35.8 Å². The molecule has 0 saturated heterocycles. The predicted octanol–water partition coefficient (Wildman–Crippen LogP) is 3.67. The monoisotopic (exact) mass is 397 g/mol. The van der Waals surface area contributed by atoms with E-state index >= 15 is 0 Å². The lowest BCUT2D eigenvalue weighted by atomic mass is 9.88. The van der Waals surface area contributed by atoms with Crippen LogP contribution in [0.2, 0.25) is 0 Å². The second kappa shape index (κ2) is 6.77. The van der Waals surface area contributed by atoms with Crippen LogP contribution in [0.3, 0.4) is 0 Å². The molecular weight excluding hydrogens is 378 g/mol. The van der Waals surface area contributed by atoms with Gasteiger partial charge in [0, 0.05) is 21.5 Å². The molecule has 1 aliphatic carbocycles. The van der Waals surface area contributed by atoms with Crippen LogP contribution in [0.15, 0.2) is 40.2 Å². The number of rotatable bonds is 3. The molecule has 23 heavy (non-hydrogen) atoms. The van der Waals surface area contributed by atoms with Crippen molar-refractivity contribution < 1.29 is 13.2 Å². The summed E-state index contributed by atoms with van der Waals surface area (Å²) in [4.78, 5) is 14.8. The van der Waals surface area contributed by atoms with Gasteiger partial charge in [-0.05, 0) is 43.2 Å². The number of hydrogen-bond donors (Lipinski definition) is 0. The number of carbonyl (C=O) groups is 1. The normalized spacial score (nSPS) is 23.8. The Hall–Kier alpha value is -1.14. The molecule has 1 fully saturated rings. The molecule has 1 aliphatic heterocycles. The molecule has 0 bridgehead atoms. The highest BCUT2D eigenvalue weighted by molar-refractivity contribution is 9.10. The molecule has 0 aromatic heterocycles. The molecule has 0 spiro atoms. The van der Waals surface area contributed by atoms with Gasteiger partial charge in [0.25, 0.3) is 0 Å². The van der Waals surface area contributed by atoms with Gasteiger partial charge in [-0.25, -0.2) is 8.42 Å². The van der Waals surface area contributed by atoms with Gasteiger partial charge in [-0.15, -0.1) is 0 Å². The summed E-state index contributed by atoms with van der Waals surface area (Å²) in [5.74, 6) is 0.0320. The highest BCUT2D eigenvalue weighted by atomic mass is 79.9. The summed E-state index contributed by atoms with van der Waals surface area (Å²) < 4.78 is 24.5. The zero-order chi connectivity index (χ0) is 16.4. The average Bonchev–Trinajstić information content (AvgIpc) is 2.90. The topological polar surface area (TPSA) is 54.5 Å². The maximum atomic E-state index is 13.1. The Morgan fingerprint density at radius 3 is 2.30 bits per heavy atom. The van der Waals surface area contributed by atoms with E-state index < -0.39 is 15.9 Å². The molecule has 2 aliphatic rings. The van der Waals surface area contributed by atoms with Crippen LogP contribution in [-0.2, 0) is 14.6 Å². The van der Waals surface area contributed by atoms with Crippen molar-refractivity contribution in [1.82, 2.24) is 0 Å². The summed E-state index contributed by atoms with van der Waals surface area (Å²) in [6.45, 7) is 0. The third-order valence-electron chi connectivity index (χ3n) is 4.54. The maximum absolute atomic E-state index is 13.1. The standard InChI is InChI=1S/C17H20BrNO3S/c18-14-6-8-15(9-7-14)19(16-10-11-23(21,22)12-16)17(20)13-4-2-1-3-5-13/h6-11,13,16H,1-5,12H2. The molecule has 0 N–H and O–H groups in total. The highest BCUT2D eigenvalue weighted by Crippen LogP contribution is 2.31. The molecule has 1 atom stereocenters. The molecule has 1 heterocycles. The Kier molecular flexibility index (Phi) is 4.92. The maximum Gasteiger partial charge on any atom is 0.230 e. The number of carbonyl (C=O) groups excluding carboxylic acids is 1. The molecule has 1 saturated carbocycles. The number of amides is 1. The molecule has 1 unspecified atom stereocenters. The van der Waals surface area contributed by atoms with Crippen LogP contribution in [-0.4, -0.2) is 26.1 Å². The Labute approximate surface area is 145 Å². The van der Waals surface area contributed by atoms with Crippen molar-refractivity contribution in [3.05, 3.63) is 40.2 Å². The van der Waals surface area contributed by atoms with Crippen LogP contribution < -0.4 is 4.90 Å². The first-order valence-corrected chi connectivity index (χ1v) is 10.5. The van der Waals surface area contributed by atoms with Gasteiger partial charge in [0.15, 0.2) is 9.84 Å². The molecule has 3 rings (SSSR count). The first-order chi connectivity index (χ1) is 11.0. The zero-order valence-electron chi connectivity index (χ0n) is 12.8. The first-order valence-electron chi connectivity index (χ1n) is 7.96. The van der Waals surface area contributed by atoms with Gasteiger partial charge in [-0.2, -0.15) is 0 Å². The van der Waals surface area contributed by atoms with Crippen molar-refractivity contribution >= 4 is 37.4 Å². The van der Waals surface area contributed by atoms with Gasteiger partial charge in [0.2, 0.25) is 5.91 Å². The molecule has 1 aromatic carbocycles. The lowest BCUT2D eigenvalue weighted by Crippen LogP contribution is -2.44. The SMILES string of the molecule is O=C(C1CCCCC1)N(c1ccc(Br)cc1)C1C=CS(=O)(=O)C1. The first kappa shape index (κ1) is 16.7. The average molecular weight is 398 g/mol. The van der Waals surface area contributed by atoms with E-state index in [1.165, 1.54) is 11.8 Å². The van der Waals surface area contributed by atoms with Gasteiger partial charge < -0.3 is 4.90 Å². The van der Waals surface area contributed by atoms with Gasteiger partial charge in [0.05, 0.1) is 11.8 Å². The molecule has 4 nitrogen and oxygen atoms in total. The summed E-state index contributed by atoms with van der Waals surface area (Å²) in [6, 6.07) is 7.08. The van der Waals surface area contributed by atoms with E-state index in [-0.39, 0.29) is 17.6 Å². The predicted molar refractivity (Wildman–Crippen MR) is 94.9 cm³/mol. The number of halogens is 1. The van der Waals surface area contributed by atoms with E-state index in [0.29, 0.717) is 0 Å². The summed E-state index contributed by atoms with van der Waals surface area (Å²) >= 11 is 3.40. The van der Waals surface area contributed by atoms with Crippen molar-refractivity contribution in [3.8, 4) is 0 Å². The number of hydrogen-bond acceptors (Lipinski definition) is 3. The number of sulfone groups is 1. The molecule has 6 heteroatoms. The van der Waals surface area contributed by atoms with Crippen LogP contribution in [0.1, 0.15) is 32.1 Å². The van der Waals surface area contributed by atoms with Crippen molar-refractivity contribution in [2.24, 2.45) is 5.92 Å². The van der Waals surface area contributed by atoms with Crippen molar-refractivity contribution in [2.45, 2.75) is 38.1 Å². The smallest absolute Gasteiger partial charge is 0.230 e. The quantitative estimate of drug-likeness (QED) is 0.781. The van der Waals surface area contributed by atoms with Gasteiger partial charge in [-0.3, -0.25) is 4.79 Å². The van der Waals surface area contributed by atoms with E-state index in [4.69, 9.17) is 0 Å². The largest absolute Gasteiger partial charge is 0.304 e. The Morgan fingerprint density at radius 1 is 1.09 bits per heavy atom. The molecule has 1 aromatic rings. The molecule has 124 valence electrons. The van der Waals surface area contributed by atoms with Gasteiger partial charge >= 0.3 is 0 Å². The Balaban J connectivity index is 1.91. The van der Waals surface area contributed by atoms with E-state index in [9.17, 15) is 13.2 Å². The third kappa shape index (κ3) is 3.86. The highest BCUT2D eigenvalue weighted by Gasteiger charge is 2.35. The number of nitrogens with zero attached hydrogens (tertiary/aromatic N) is 1. The van der Waals surface area contributed by atoms with Crippen LogP contribution in [0.4, 0.5) is 5.69 Å². The fourth-order valence-electron chi connectivity index (χ4n) is 3.35. The van der Waals surface area contributed by atoms with E-state index in [1.54, 1.807) is 11.0 Å². The summed E-state index contributed by atoms with van der Waals surface area (Å²) in [6.07, 6.45) is 6.76. The van der Waals surface area contributed by atoms with E-state index in [1.807, 2.05) is 24.3 Å². The molecule has 1 amide bonds. The van der Waals surface area contributed by atoms with Crippen LogP contribution in [0, 0.1) is 5.92 Å². The minimum absolute atomic E-state index is 0.00380. The molecule has 0 radical (unpaired) electrons. The second-order valence-corrected chi connectivity index (χ2v) is 9.09. The Morgan fingerprint density at radius 2 is 1.74 bits per heavy atom. The lowest BCUT2D eigenvalue weighted by Gasteiger charge is -2.32. The van der Waals surface area contributed by atoms with Crippen LogP contribution in [0.5, 0.6) is 0 Å². The second-order valence-electron chi connectivity index (χ2n) is 6.24. The van der Waals surface area contributed by atoms with E-state index in [2.05, 4.69) is 15.9 Å². The number of benzene rings is 1. The van der Waals surface area contributed by atoms with Crippen molar-refractivity contribution in [2.75, 3.05) is 10.7 Å². The third-order valence-corrected chi connectivity index (χ3v) is 6.45. The molecular formula is C17H20BrNO3S.